The largest absolute Gasteiger partial charge is 0.507 e. The molecule has 0 spiro atoms. The van der Waals surface area contributed by atoms with Crippen molar-refractivity contribution in [1.29, 1.82) is 5.26 Å². The first-order valence-corrected chi connectivity index (χ1v) is 12.6. The van der Waals surface area contributed by atoms with Gasteiger partial charge in [0, 0.05) is 30.9 Å². The monoisotopic (exact) mass is 519 g/mol. The van der Waals surface area contributed by atoms with Crippen LogP contribution in [0.15, 0.2) is 42.9 Å². The lowest BCUT2D eigenvalue weighted by Crippen LogP contribution is -2.59. The van der Waals surface area contributed by atoms with E-state index < -0.39 is 29.9 Å². The second-order valence-corrected chi connectivity index (χ2v) is 10.8. The topological polar surface area (TPSA) is 120 Å². The zero-order valence-corrected chi connectivity index (χ0v) is 21.7. The molecule has 3 aromatic rings. The summed E-state index contributed by atoms with van der Waals surface area (Å²) >= 11 is 0. The van der Waals surface area contributed by atoms with Gasteiger partial charge in [-0.2, -0.15) is 5.26 Å². The lowest BCUT2D eigenvalue weighted by atomic mass is 9.94. The van der Waals surface area contributed by atoms with Gasteiger partial charge in [-0.1, -0.05) is 0 Å². The Morgan fingerprint density at radius 1 is 1.24 bits per heavy atom. The van der Waals surface area contributed by atoms with Crippen LogP contribution in [0.3, 0.4) is 0 Å². The number of phenols is 1. The van der Waals surface area contributed by atoms with Crippen molar-refractivity contribution in [3.05, 3.63) is 48.5 Å². The number of amides is 1. The van der Waals surface area contributed by atoms with Gasteiger partial charge in [0.05, 0.1) is 23.5 Å². The molecule has 198 valence electrons. The van der Waals surface area contributed by atoms with Gasteiger partial charge in [-0.25, -0.2) is 14.2 Å². The van der Waals surface area contributed by atoms with E-state index in [4.69, 9.17) is 10.00 Å². The predicted octanol–water partition coefficient (Wildman–Crippen LogP) is 4.22. The van der Waals surface area contributed by atoms with Gasteiger partial charge in [0.1, 0.15) is 29.9 Å². The zero-order chi connectivity index (χ0) is 27.2. The first-order chi connectivity index (χ1) is 18.1. The summed E-state index contributed by atoms with van der Waals surface area (Å²) in [5.74, 6) is 0.505. The quantitative estimate of drug-likeness (QED) is 0.544. The van der Waals surface area contributed by atoms with E-state index in [9.17, 15) is 9.90 Å². The number of aromatic hydroxyl groups is 1. The van der Waals surface area contributed by atoms with Gasteiger partial charge in [-0.05, 0) is 64.3 Å². The van der Waals surface area contributed by atoms with Crippen molar-refractivity contribution < 1.29 is 19.0 Å². The van der Waals surface area contributed by atoms with Crippen molar-refractivity contribution in [2.45, 2.75) is 69.9 Å². The minimum Gasteiger partial charge on any atom is -0.507 e. The maximum atomic E-state index is 15.7. The van der Waals surface area contributed by atoms with Gasteiger partial charge in [-0.15, -0.1) is 10.2 Å². The Labute approximate surface area is 220 Å². The Kier molecular flexibility index (Phi) is 6.42. The van der Waals surface area contributed by atoms with Crippen LogP contribution in [0.4, 0.5) is 15.0 Å². The van der Waals surface area contributed by atoms with Gasteiger partial charge < -0.3 is 19.3 Å². The molecule has 0 saturated carbocycles. The molecule has 1 N–H and O–H groups in total. The highest BCUT2D eigenvalue weighted by molar-refractivity contribution is 5.70. The molecule has 10 nitrogen and oxygen atoms in total. The van der Waals surface area contributed by atoms with Crippen molar-refractivity contribution >= 4 is 11.9 Å². The summed E-state index contributed by atoms with van der Waals surface area (Å²) in [4.78, 5) is 20.1. The second kappa shape index (κ2) is 9.59. The minimum atomic E-state index is -1.26. The fourth-order valence-electron chi connectivity index (χ4n) is 5.34. The molecule has 2 aromatic heterocycles. The minimum absolute atomic E-state index is 0.0000227. The van der Waals surface area contributed by atoms with E-state index in [-0.39, 0.29) is 17.5 Å². The second-order valence-electron chi connectivity index (χ2n) is 10.8. The SMILES string of the molecule is CN(c1ccc(-c2ccc(-n3cnc(C#N)c3)cc2O)nn1)[C@H]1C[C@@H]2CC[C@H]([C@H]1F)N2C(=O)OC(C)(C)C. The molecule has 38 heavy (non-hydrogen) atoms. The van der Waals surface area contributed by atoms with Crippen molar-refractivity contribution in [2.24, 2.45) is 0 Å². The highest BCUT2D eigenvalue weighted by atomic mass is 19.1. The smallest absolute Gasteiger partial charge is 0.410 e. The number of ether oxygens (including phenoxy) is 1. The molecule has 0 aliphatic carbocycles. The first-order valence-electron chi connectivity index (χ1n) is 12.6. The Hall–Kier alpha value is -4.20. The first kappa shape index (κ1) is 25.4. The maximum Gasteiger partial charge on any atom is 0.410 e. The number of hydrogen-bond donors (Lipinski definition) is 1. The number of piperidine rings is 1. The molecule has 0 unspecified atom stereocenters. The number of nitrogens with zero attached hydrogens (tertiary/aromatic N) is 7. The standard InChI is InChI=1S/C27H30FN7O3/c1-27(2,3)38-26(37)35-18-6-9-21(35)25(28)22(11-18)33(4)24-10-8-20(31-32-24)19-7-5-17(12-23(19)36)34-14-16(13-29)30-15-34/h5,7-8,10,12,14-15,18,21-22,25,36H,6,9,11H2,1-4H3/t18-,21+,22-,25+/m0/s1. The number of imidazole rings is 1. The summed E-state index contributed by atoms with van der Waals surface area (Å²) < 4.78 is 22.9. The summed E-state index contributed by atoms with van der Waals surface area (Å²) in [6.07, 6.45) is 3.18. The third-order valence-electron chi connectivity index (χ3n) is 7.16. The lowest BCUT2D eigenvalue weighted by Gasteiger charge is -2.44. The zero-order valence-electron chi connectivity index (χ0n) is 21.7. The highest BCUT2D eigenvalue weighted by Gasteiger charge is 2.52. The summed E-state index contributed by atoms with van der Waals surface area (Å²) in [6.45, 7) is 5.42. The molecular formula is C27H30FN7O3. The van der Waals surface area contributed by atoms with Crippen molar-refractivity contribution in [2.75, 3.05) is 11.9 Å². The molecule has 2 aliphatic rings. The normalized spacial score (nSPS) is 22.7. The van der Waals surface area contributed by atoms with Crippen LogP contribution in [0, 0.1) is 11.3 Å². The number of rotatable bonds is 4. The summed E-state index contributed by atoms with van der Waals surface area (Å²) in [6, 6.07) is 9.44. The number of benzene rings is 1. The number of nitriles is 1. The van der Waals surface area contributed by atoms with E-state index in [1.807, 2.05) is 26.8 Å². The summed E-state index contributed by atoms with van der Waals surface area (Å²) in [5, 5.41) is 28.2. The molecule has 2 bridgehead atoms. The summed E-state index contributed by atoms with van der Waals surface area (Å²) in [5.41, 5.74) is 1.24. The van der Waals surface area contributed by atoms with Crippen molar-refractivity contribution in [3.63, 3.8) is 0 Å². The van der Waals surface area contributed by atoms with Crippen LogP contribution in [-0.2, 0) is 4.74 Å². The number of phenolic OH excluding ortho intramolecular Hbond substituents is 1. The highest BCUT2D eigenvalue weighted by Crippen LogP contribution is 2.41. The number of carbonyl (C=O) groups excluding carboxylic acids is 1. The third-order valence-corrected chi connectivity index (χ3v) is 7.16. The number of hydrogen-bond acceptors (Lipinski definition) is 8. The van der Waals surface area contributed by atoms with Crippen molar-refractivity contribution in [3.8, 4) is 28.8 Å². The molecule has 11 heteroatoms. The van der Waals surface area contributed by atoms with Crippen LogP contribution < -0.4 is 4.90 Å². The molecular weight excluding hydrogens is 489 g/mol. The third kappa shape index (κ3) is 4.74. The Morgan fingerprint density at radius 3 is 2.66 bits per heavy atom. The van der Waals surface area contributed by atoms with Gasteiger partial charge in [0.25, 0.3) is 0 Å². The fraction of sp³-hybridized carbons (Fsp3) is 0.444. The van der Waals surface area contributed by atoms with Crippen LogP contribution in [-0.4, -0.2) is 72.8 Å². The van der Waals surface area contributed by atoms with Gasteiger partial charge in [0.15, 0.2) is 11.5 Å². The average Bonchev–Trinajstić information content (AvgIpc) is 3.49. The molecule has 4 heterocycles. The van der Waals surface area contributed by atoms with E-state index in [2.05, 4.69) is 15.2 Å². The Morgan fingerprint density at radius 2 is 2.03 bits per heavy atom. The van der Waals surface area contributed by atoms with Crippen LogP contribution in [0.1, 0.15) is 45.7 Å². The molecule has 2 fully saturated rings. The maximum absolute atomic E-state index is 15.7. The molecule has 2 saturated heterocycles. The van der Waals surface area contributed by atoms with Crippen LogP contribution in [0.2, 0.25) is 0 Å². The predicted molar refractivity (Wildman–Crippen MR) is 138 cm³/mol. The molecule has 4 atom stereocenters. The van der Waals surface area contributed by atoms with Crippen LogP contribution in [0.25, 0.3) is 16.9 Å². The van der Waals surface area contributed by atoms with Gasteiger partial charge >= 0.3 is 6.09 Å². The van der Waals surface area contributed by atoms with E-state index in [1.165, 1.54) is 6.33 Å². The molecule has 1 amide bonds. The molecule has 2 aliphatic heterocycles. The molecule has 1 aromatic carbocycles. The number of carbonyl (C=O) groups is 1. The number of fused-ring (bicyclic) bond motifs is 2. The molecule has 5 rings (SSSR count). The van der Waals surface area contributed by atoms with E-state index >= 15 is 4.39 Å². The molecule has 0 radical (unpaired) electrons. The summed E-state index contributed by atoms with van der Waals surface area (Å²) in [7, 11) is 1.79. The van der Waals surface area contributed by atoms with Crippen LogP contribution >= 0.6 is 0 Å². The van der Waals surface area contributed by atoms with E-state index in [0.717, 1.165) is 6.42 Å². The number of anilines is 1. The van der Waals surface area contributed by atoms with E-state index in [0.29, 0.717) is 35.6 Å². The average molecular weight is 520 g/mol. The van der Waals surface area contributed by atoms with Gasteiger partial charge in [0.2, 0.25) is 0 Å². The van der Waals surface area contributed by atoms with Crippen molar-refractivity contribution in [1.82, 2.24) is 24.6 Å². The van der Waals surface area contributed by atoms with E-state index in [1.54, 1.807) is 57.9 Å². The van der Waals surface area contributed by atoms with Crippen LogP contribution in [0.5, 0.6) is 5.75 Å². The Bertz CT molecular complexity index is 1380. The number of aromatic nitrogens is 4. The fourth-order valence-corrected chi connectivity index (χ4v) is 5.34. The lowest BCUT2D eigenvalue weighted by molar-refractivity contribution is -0.0104. The Balaban J connectivity index is 1.30. The number of halogens is 1. The van der Waals surface area contributed by atoms with Gasteiger partial charge in [-0.3, -0.25) is 4.90 Å². The number of alkyl halides is 1.